The van der Waals surface area contributed by atoms with Gasteiger partial charge in [-0.3, -0.25) is 9.69 Å². The summed E-state index contributed by atoms with van der Waals surface area (Å²) < 4.78 is 5.21. The van der Waals surface area contributed by atoms with Crippen LogP contribution in [0.4, 0.5) is 0 Å². The molecule has 1 saturated heterocycles. The second-order valence-corrected chi connectivity index (χ2v) is 8.72. The van der Waals surface area contributed by atoms with Crippen molar-refractivity contribution in [3.05, 3.63) is 59.5 Å². The number of carbonyl (C=O) groups excluding carboxylic acids is 1. The van der Waals surface area contributed by atoms with Crippen molar-refractivity contribution in [1.29, 1.82) is 0 Å². The number of piperidine rings is 1. The highest BCUT2D eigenvalue weighted by atomic mass is 16.3. The van der Waals surface area contributed by atoms with Gasteiger partial charge in [-0.25, -0.2) is 0 Å². The summed E-state index contributed by atoms with van der Waals surface area (Å²) in [4.78, 5) is 15.0. The number of nitrogens with one attached hydrogen (secondary N) is 1. The Kier molecular flexibility index (Phi) is 4.31. The third kappa shape index (κ3) is 3.43. The number of likely N-dealkylation sites (tertiary alicyclic amines) is 1. The van der Waals surface area contributed by atoms with Crippen molar-refractivity contribution < 1.29 is 9.21 Å². The average Bonchev–Trinajstić information content (AvgIpc) is 3.24. The zero-order chi connectivity index (χ0) is 18.3. The lowest BCUT2D eigenvalue weighted by Crippen LogP contribution is -2.41. The molecule has 1 aromatic heterocycles. The van der Waals surface area contributed by atoms with Gasteiger partial charge in [-0.05, 0) is 73.7 Å². The Balaban J connectivity index is 1.29. The quantitative estimate of drug-likeness (QED) is 0.873. The van der Waals surface area contributed by atoms with Crippen LogP contribution in [0, 0.1) is 0 Å². The summed E-state index contributed by atoms with van der Waals surface area (Å²) >= 11 is 0. The van der Waals surface area contributed by atoms with E-state index in [2.05, 4.69) is 40.5 Å². The smallest absolute Gasteiger partial charge is 0.220 e. The molecule has 1 aliphatic heterocycles. The monoisotopic (exact) mass is 364 g/mol. The van der Waals surface area contributed by atoms with E-state index in [1.165, 1.54) is 29.5 Å². The molecule has 4 nitrogen and oxygen atoms in total. The predicted octanol–water partition coefficient (Wildman–Crippen LogP) is 3.97. The molecule has 142 valence electrons. The number of rotatable bonds is 5. The Morgan fingerprint density at radius 3 is 2.74 bits per heavy atom. The Morgan fingerprint density at radius 1 is 1.19 bits per heavy atom. The largest absolute Gasteiger partial charge is 0.472 e. The van der Waals surface area contributed by atoms with Crippen LogP contribution in [-0.4, -0.2) is 29.9 Å². The molecular formula is C23H28N2O2. The molecule has 1 amide bonds. The van der Waals surface area contributed by atoms with Gasteiger partial charge in [0.15, 0.2) is 0 Å². The fourth-order valence-corrected chi connectivity index (χ4v) is 5.20. The summed E-state index contributed by atoms with van der Waals surface area (Å²) in [5, 5.41) is 3.18. The van der Waals surface area contributed by atoms with Crippen molar-refractivity contribution in [3.8, 4) is 0 Å². The van der Waals surface area contributed by atoms with Crippen LogP contribution in [0.25, 0.3) is 0 Å². The summed E-state index contributed by atoms with van der Waals surface area (Å²) in [5.74, 6) is 0.618. The summed E-state index contributed by atoms with van der Waals surface area (Å²) in [6.45, 7) is 3.20. The summed E-state index contributed by atoms with van der Waals surface area (Å²) in [6, 6.07) is 11.4. The number of hydrogen-bond donors (Lipinski definition) is 1. The van der Waals surface area contributed by atoms with E-state index in [0.717, 1.165) is 38.9 Å². The van der Waals surface area contributed by atoms with Crippen LogP contribution in [-0.2, 0) is 16.8 Å². The average molecular weight is 364 g/mol. The lowest BCUT2D eigenvalue weighted by Gasteiger charge is -2.40. The highest BCUT2D eigenvalue weighted by Crippen LogP contribution is 2.52. The van der Waals surface area contributed by atoms with Crippen LogP contribution in [0.5, 0.6) is 0 Å². The molecule has 1 atom stereocenters. The molecule has 2 aliphatic carbocycles. The summed E-state index contributed by atoms with van der Waals surface area (Å²) in [6.07, 6.45) is 10.1. The molecule has 1 N–H and O–H groups in total. The van der Waals surface area contributed by atoms with E-state index >= 15 is 0 Å². The number of hydrogen-bond acceptors (Lipinski definition) is 3. The minimum absolute atomic E-state index is 0.242. The van der Waals surface area contributed by atoms with Crippen LogP contribution in [0.3, 0.4) is 0 Å². The molecule has 1 spiro atoms. The highest BCUT2D eigenvalue weighted by Gasteiger charge is 2.45. The molecule has 5 rings (SSSR count). The van der Waals surface area contributed by atoms with Gasteiger partial charge in [-0.1, -0.05) is 24.3 Å². The van der Waals surface area contributed by atoms with Gasteiger partial charge in [0.25, 0.3) is 0 Å². The first-order valence-electron chi connectivity index (χ1n) is 10.3. The standard InChI is InChI=1S/C23H28N2O2/c26-22(24-19-5-6-19)13-18-14-23(21-4-2-1-3-20(18)21)8-10-25(11-9-23)15-17-7-12-27-16-17/h1-4,7,12,16,18-19H,5-6,8-11,13-15H2,(H,24,26). The second kappa shape index (κ2) is 6.83. The topological polar surface area (TPSA) is 45.5 Å². The normalized spacial score (nSPS) is 24.1. The fourth-order valence-electron chi connectivity index (χ4n) is 5.20. The molecule has 1 unspecified atom stereocenters. The van der Waals surface area contributed by atoms with Gasteiger partial charge in [0, 0.05) is 24.6 Å². The third-order valence-corrected chi connectivity index (χ3v) is 6.78. The molecule has 27 heavy (non-hydrogen) atoms. The van der Waals surface area contributed by atoms with Gasteiger partial charge in [0.05, 0.1) is 12.5 Å². The zero-order valence-electron chi connectivity index (χ0n) is 15.8. The maximum atomic E-state index is 12.4. The molecule has 2 fully saturated rings. The molecule has 1 saturated carbocycles. The van der Waals surface area contributed by atoms with E-state index in [-0.39, 0.29) is 11.3 Å². The van der Waals surface area contributed by atoms with Gasteiger partial charge < -0.3 is 9.73 Å². The Morgan fingerprint density at radius 2 is 2.00 bits per heavy atom. The first-order valence-corrected chi connectivity index (χ1v) is 10.3. The van der Waals surface area contributed by atoms with Crippen LogP contribution < -0.4 is 5.32 Å². The molecule has 1 aromatic carbocycles. The summed E-state index contributed by atoms with van der Waals surface area (Å²) in [7, 11) is 0. The number of amides is 1. The van der Waals surface area contributed by atoms with Crippen LogP contribution in [0.15, 0.2) is 47.3 Å². The van der Waals surface area contributed by atoms with E-state index < -0.39 is 0 Å². The van der Waals surface area contributed by atoms with E-state index in [9.17, 15) is 4.79 Å². The van der Waals surface area contributed by atoms with Crippen molar-refractivity contribution >= 4 is 5.91 Å². The minimum Gasteiger partial charge on any atom is -0.472 e. The highest BCUT2D eigenvalue weighted by molar-refractivity contribution is 5.78. The van der Waals surface area contributed by atoms with E-state index in [1.807, 2.05) is 6.26 Å². The Labute approximate surface area is 160 Å². The number of carbonyl (C=O) groups is 1. The van der Waals surface area contributed by atoms with Crippen molar-refractivity contribution in [3.63, 3.8) is 0 Å². The number of fused-ring (bicyclic) bond motifs is 2. The first kappa shape index (κ1) is 17.1. The number of nitrogens with zero attached hydrogens (tertiary/aromatic N) is 1. The maximum Gasteiger partial charge on any atom is 0.220 e. The van der Waals surface area contributed by atoms with Crippen LogP contribution >= 0.6 is 0 Å². The Hall–Kier alpha value is -2.07. The molecule has 2 heterocycles. The molecule has 3 aliphatic rings. The molecule has 0 bridgehead atoms. The zero-order valence-corrected chi connectivity index (χ0v) is 15.8. The van der Waals surface area contributed by atoms with Gasteiger partial charge >= 0.3 is 0 Å². The van der Waals surface area contributed by atoms with E-state index in [0.29, 0.717) is 18.4 Å². The number of furan rings is 1. The first-order chi connectivity index (χ1) is 13.2. The minimum atomic E-state index is 0.242. The lowest BCUT2D eigenvalue weighted by atomic mass is 9.73. The van der Waals surface area contributed by atoms with Crippen molar-refractivity contribution in [2.75, 3.05) is 13.1 Å². The fraction of sp³-hybridized carbons (Fsp3) is 0.522. The molecule has 4 heteroatoms. The molecular weight excluding hydrogens is 336 g/mol. The molecule has 2 aromatic rings. The van der Waals surface area contributed by atoms with Gasteiger partial charge in [-0.15, -0.1) is 0 Å². The van der Waals surface area contributed by atoms with E-state index in [1.54, 1.807) is 6.26 Å². The van der Waals surface area contributed by atoms with Crippen LogP contribution in [0.2, 0.25) is 0 Å². The number of benzene rings is 1. The maximum absolute atomic E-state index is 12.4. The SMILES string of the molecule is O=C(CC1CC2(CCN(Cc3ccoc3)CC2)c2ccccc21)NC1CC1. The Bertz CT molecular complexity index is 802. The summed E-state index contributed by atoms with van der Waals surface area (Å²) in [5.41, 5.74) is 4.45. The van der Waals surface area contributed by atoms with Crippen LogP contribution in [0.1, 0.15) is 61.1 Å². The van der Waals surface area contributed by atoms with Gasteiger partial charge in [0.2, 0.25) is 5.91 Å². The van der Waals surface area contributed by atoms with Gasteiger partial charge in [-0.2, -0.15) is 0 Å². The van der Waals surface area contributed by atoms with Crippen molar-refractivity contribution in [2.24, 2.45) is 0 Å². The third-order valence-electron chi connectivity index (χ3n) is 6.78. The molecule has 0 radical (unpaired) electrons. The van der Waals surface area contributed by atoms with E-state index in [4.69, 9.17) is 4.42 Å². The van der Waals surface area contributed by atoms with Gasteiger partial charge in [0.1, 0.15) is 0 Å². The predicted molar refractivity (Wildman–Crippen MR) is 104 cm³/mol. The van der Waals surface area contributed by atoms with Crippen molar-refractivity contribution in [1.82, 2.24) is 10.2 Å². The second-order valence-electron chi connectivity index (χ2n) is 8.72. The lowest BCUT2D eigenvalue weighted by molar-refractivity contribution is -0.121. The van der Waals surface area contributed by atoms with Crippen molar-refractivity contribution in [2.45, 2.75) is 62.4 Å².